The normalized spacial score (nSPS) is 21.1. The third kappa shape index (κ3) is 3.41. The number of anilines is 1. The summed E-state index contributed by atoms with van der Waals surface area (Å²) in [6.07, 6.45) is 0.966. The van der Waals surface area contributed by atoms with Crippen LogP contribution >= 0.6 is 0 Å². The van der Waals surface area contributed by atoms with Gasteiger partial charge in [0.05, 0.1) is 17.0 Å². The van der Waals surface area contributed by atoms with Gasteiger partial charge in [-0.2, -0.15) is 0 Å². The van der Waals surface area contributed by atoms with E-state index in [1.165, 1.54) is 18.2 Å². The van der Waals surface area contributed by atoms with Crippen molar-refractivity contribution in [2.45, 2.75) is 38.0 Å². The van der Waals surface area contributed by atoms with Crippen molar-refractivity contribution in [3.05, 3.63) is 41.4 Å². The molecule has 0 aliphatic carbocycles. The van der Waals surface area contributed by atoms with Gasteiger partial charge in [0.25, 0.3) is 0 Å². The van der Waals surface area contributed by atoms with E-state index in [-0.39, 0.29) is 12.6 Å². The number of rotatable bonds is 5. The number of aryl methyl sites for hydroxylation is 2. The third-order valence-corrected chi connectivity index (χ3v) is 5.79. The molecule has 0 radical (unpaired) electrons. The maximum atomic E-state index is 13.1. The minimum absolute atomic E-state index is 0.282. The number of nitrogens with zero attached hydrogens (tertiary/aromatic N) is 2. The van der Waals surface area contributed by atoms with Gasteiger partial charge >= 0.3 is 0 Å². The van der Waals surface area contributed by atoms with Crippen molar-refractivity contribution in [2.75, 3.05) is 11.3 Å². The van der Waals surface area contributed by atoms with E-state index in [4.69, 9.17) is 4.42 Å². The molecule has 7 nitrogen and oxygen atoms in total. The van der Waals surface area contributed by atoms with Gasteiger partial charge in [0.15, 0.2) is 0 Å². The number of aromatic nitrogens is 2. The molecule has 1 saturated heterocycles. The summed E-state index contributed by atoms with van der Waals surface area (Å²) >= 11 is 0. The van der Waals surface area contributed by atoms with Crippen LogP contribution in [0.2, 0.25) is 0 Å². The van der Waals surface area contributed by atoms with Crippen molar-refractivity contribution in [3.63, 3.8) is 0 Å². The van der Waals surface area contributed by atoms with Gasteiger partial charge in [0, 0.05) is 13.0 Å². The molecule has 3 rings (SSSR count). The fourth-order valence-corrected chi connectivity index (χ4v) is 4.12. The highest BCUT2D eigenvalue weighted by Gasteiger charge is 2.37. The van der Waals surface area contributed by atoms with Gasteiger partial charge < -0.3 is 9.73 Å². The largest absolute Gasteiger partial charge is 0.424 e. The van der Waals surface area contributed by atoms with Crippen LogP contribution in [0.15, 0.2) is 22.6 Å². The number of sulfonamides is 1. The van der Waals surface area contributed by atoms with E-state index in [9.17, 15) is 12.8 Å². The van der Waals surface area contributed by atoms with Crippen LogP contribution in [0.1, 0.15) is 36.7 Å². The number of halogens is 1. The van der Waals surface area contributed by atoms with Gasteiger partial charge in [0.1, 0.15) is 5.82 Å². The molecule has 2 atom stereocenters. The molecule has 1 aromatic carbocycles. The van der Waals surface area contributed by atoms with Gasteiger partial charge in [-0.3, -0.25) is 4.72 Å². The molecule has 1 aromatic heterocycles. The summed E-state index contributed by atoms with van der Waals surface area (Å²) in [5.74, 6) is 0.529. The fourth-order valence-electron chi connectivity index (χ4n) is 2.66. The molecule has 0 bridgehead atoms. The molecule has 24 heavy (non-hydrogen) atoms. The van der Waals surface area contributed by atoms with E-state index in [1.54, 1.807) is 6.92 Å². The lowest BCUT2D eigenvalue weighted by Gasteiger charge is -2.14. The van der Waals surface area contributed by atoms with Crippen LogP contribution in [0.5, 0.6) is 0 Å². The maximum absolute atomic E-state index is 13.1. The first-order valence-corrected chi connectivity index (χ1v) is 9.27. The summed E-state index contributed by atoms with van der Waals surface area (Å²) in [7, 11) is -3.61. The van der Waals surface area contributed by atoms with E-state index in [1.807, 2.05) is 6.92 Å². The lowest BCUT2D eigenvalue weighted by atomic mass is 10.2. The molecule has 1 aliphatic rings. The zero-order chi connectivity index (χ0) is 17.3. The second-order valence-electron chi connectivity index (χ2n) is 5.81. The summed E-state index contributed by atoms with van der Waals surface area (Å²) in [5.41, 5.74) is 0.913. The lowest BCUT2D eigenvalue weighted by Crippen LogP contribution is -2.29. The number of nitrogens with one attached hydrogen (secondary N) is 2. The van der Waals surface area contributed by atoms with Gasteiger partial charge in [0.2, 0.25) is 21.8 Å². The maximum Gasteiger partial charge on any atom is 0.236 e. The molecular formula is C15H19FN4O3S. The Bertz CT molecular complexity index is 837. The van der Waals surface area contributed by atoms with E-state index < -0.39 is 21.1 Å². The van der Waals surface area contributed by atoms with Crippen molar-refractivity contribution < 1.29 is 17.2 Å². The summed E-state index contributed by atoms with van der Waals surface area (Å²) < 4.78 is 46.3. The zero-order valence-corrected chi connectivity index (χ0v) is 14.2. The Hall–Kier alpha value is -2.00. The molecule has 2 aromatic rings. The lowest BCUT2D eigenvalue weighted by molar-refractivity contribution is 0.405. The number of hydrogen-bond acceptors (Lipinski definition) is 6. The van der Waals surface area contributed by atoms with Gasteiger partial charge in [-0.15, -0.1) is 10.2 Å². The Kier molecular flexibility index (Phi) is 4.55. The van der Waals surface area contributed by atoms with Crippen LogP contribution in [-0.2, 0) is 16.4 Å². The quantitative estimate of drug-likeness (QED) is 0.851. The molecule has 0 spiro atoms. The second-order valence-corrected chi connectivity index (χ2v) is 7.77. The Labute approximate surface area is 139 Å². The fraction of sp³-hybridized carbons (Fsp3) is 0.467. The SMILES string of the molecule is CCc1nnc(C2CC(S(=O)(=O)Nc3ccc(F)cc3C)CN2)o1. The average molecular weight is 354 g/mol. The molecule has 2 N–H and O–H groups in total. The van der Waals surface area contributed by atoms with Crippen molar-refractivity contribution in [1.82, 2.24) is 15.5 Å². The minimum Gasteiger partial charge on any atom is -0.424 e. The highest BCUT2D eigenvalue weighted by Crippen LogP contribution is 2.28. The molecule has 1 fully saturated rings. The Morgan fingerprint density at radius 1 is 1.42 bits per heavy atom. The molecular weight excluding hydrogens is 335 g/mol. The molecule has 9 heteroatoms. The van der Waals surface area contributed by atoms with Crippen molar-refractivity contribution in [3.8, 4) is 0 Å². The van der Waals surface area contributed by atoms with Crippen LogP contribution in [0, 0.1) is 12.7 Å². The van der Waals surface area contributed by atoms with Crippen LogP contribution in [-0.4, -0.2) is 30.4 Å². The predicted octanol–water partition coefficient (Wildman–Crippen LogP) is 1.92. The second kappa shape index (κ2) is 6.48. The monoisotopic (exact) mass is 354 g/mol. The topological polar surface area (TPSA) is 97.1 Å². The molecule has 2 unspecified atom stereocenters. The smallest absolute Gasteiger partial charge is 0.236 e. The molecule has 130 valence electrons. The summed E-state index contributed by atoms with van der Waals surface area (Å²) in [5, 5.41) is 10.3. The Balaban J connectivity index is 1.71. The average Bonchev–Trinajstić information content (AvgIpc) is 3.18. The zero-order valence-electron chi connectivity index (χ0n) is 13.4. The van der Waals surface area contributed by atoms with Crippen LogP contribution in [0.4, 0.5) is 10.1 Å². The first-order valence-electron chi connectivity index (χ1n) is 7.72. The Morgan fingerprint density at radius 3 is 2.88 bits per heavy atom. The standard InChI is InChI=1S/C15H19FN4O3S/c1-3-14-18-19-15(23-14)13-7-11(8-17-13)24(21,22)20-12-5-4-10(16)6-9(12)2/h4-6,11,13,17,20H,3,7-8H2,1-2H3. The van der Waals surface area contributed by atoms with E-state index in [0.717, 1.165) is 0 Å². The van der Waals surface area contributed by atoms with Crippen LogP contribution in [0.25, 0.3) is 0 Å². The van der Waals surface area contributed by atoms with Crippen molar-refractivity contribution >= 4 is 15.7 Å². The van der Waals surface area contributed by atoms with Crippen LogP contribution < -0.4 is 10.0 Å². The van der Waals surface area contributed by atoms with Crippen LogP contribution in [0.3, 0.4) is 0 Å². The highest BCUT2D eigenvalue weighted by atomic mass is 32.2. The van der Waals surface area contributed by atoms with Gasteiger partial charge in [-0.25, -0.2) is 12.8 Å². The minimum atomic E-state index is -3.61. The molecule has 1 aliphatic heterocycles. The first-order chi connectivity index (χ1) is 11.4. The number of hydrogen-bond donors (Lipinski definition) is 2. The molecule has 2 heterocycles. The first kappa shape index (κ1) is 16.8. The summed E-state index contributed by atoms with van der Waals surface area (Å²) in [4.78, 5) is 0. The van der Waals surface area contributed by atoms with Crippen molar-refractivity contribution in [1.29, 1.82) is 0 Å². The Morgan fingerprint density at radius 2 is 2.21 bits per heavy atom. The van der Waals surface area contributed by atoms with Gasteiger partial charge in [-0.1, -0.05) is 6.92 Å². The van der Waals surface area contributed by atoms with Gasteiger partial charge in [-0.05, 0) is 37.1 Å². The number of benzene rings is 1. The molecule has 0 saturated carbocycles. The summed E-state index contributed by atoms with van der Waals surface area (Å²) in [6, 6.07) is 3.66. The molecule has 0 amide bonds. The predicted molar refractivity (Wildman–Crippen MR) is 86.5 cm³/mol. The summed E-state index contributed by atoms with van der Waals surface area (Å²) in [6.45, 7) is 3.84. The van der Waals surface area contributed by atoms with Crippen molar-refractivity contribution in [2.24, 2.45) is 0 Å². The van der Waals surface area contributed by atoms with E-state index >= 15 is 0 Å². The van der Waals surface area contributed by atoms with E-state index in [0.29, 0.717) is 35.9 Å². The highest BCUT2D eigenvalue weighted by molar-refractivity contribution is 7.93. The third-order valence-electron chi connectivity index (χ3n) is 4.05. The van der Waals surface area contributed by atoms with E-state index in [2.05, 4.69) is 20.2 Å².